The van der Waals surface area contributed by atoms with Gasteiger partial charge in [-0.3, -0.25) is 0 Å². The number of alkyl halides is 3. The molecule has 2 N–H and O–H groups in total. The van der Waals surface area contributed by atoms with Crippen LogP contribution in [0.25, 0.3) is 0 Å². The van der Waals surface area contributed by atoms with Crippen LogP contribution in [0.3, 0.4) is 0 Å². The van der Waals surface area contributed by atoms with Crippen LogP contribution in [0.5, 0.6) is 0 Å². The molecule has 0 bridgehead atoms. The lowest BCUT2D eigenvalue weighted by molar-refractivity contribution is -0.182. The van der Waals surface area contributed by atoms with Crippen LogP contribution < -0.4 is 5.32 Å². The van der Waals surface area contributed by atoms with Gasteiger partial charge in [-0.25, -0.2) is 0 Å². The molecule has 0 saturated heterocycles. The van der Waals surface area contributed by atoms with E-state index in [0.29, 0.717) is 19.4 Å². The Hall–Kier alpha value is -0.290. The van der Waals surface area contributed by atoms with Crippen molar-refractivity contribution in [1.82, 2.24) is 5.32 Å². The Morgan fingerprint density at radius 1 is 1.27 bits per heavy atom. The van der Waals surface area contributed by atoms with E-state index in [4.69, 9.17) is 5.11 Å². The summed E-state index contributed by atoms with van der Waals surface area (Å²) < 4.78 is 37.0. The lowest BCUT2D eigenvalue weighted by Gasteiger charge is -2.30. The predicted molar refractivity (Wildman–Crippen MR) is 51.5 cm³/mol. The largest absolute Gasteiger partial charge is 0.392 e. The van der Waals surface area contributed by atoms with Crippen molar-refractivity contribution < 1.29 is 18.3 Å². The first-order valence-corrected chi connectivity index (χ1v) is 5.37. The molecule has 1 saturated carbocycles. The molecule has 0 amide bonds. The van der Waals surface area contributed by atoms with Crippen LogP contribution >= 0.6 is 0 Å². The van der Waals surface area contributed by atoms with Crippen LogP contribution in [0.2, 0.25) is 0 Å². The molecule has 5 heteroatoms. The van der Waals surface area contributed by atoms with E-state index >= 15 is 0 Å². The van der Waals surface area contributed by atoms with Gasteiger partial charge in [-0.1, -0.05) is 0 Å². The maximum atomic E-state index is 12.3. The van der Waals surface area contributed by atoms with Crippen LogP contribution in [-0.4, -0.2) is 30.0 Å². The number of hydrogen-bond donors (Lipinski definition) is 2. The van der Waals surface area contributed by atoms with Gasteiger partial charge in [0.05, 0.1) is 12.0 Å². The molecule has 1 rings (SSSR count). The van der Waals surface area contributed by atoms with E-state index in [1.807, 2.05) is 0 Å². The third-order valence-electron chi connectivity index (χ3n) is 2.89. The van der Waals surface area contributed by atoms with Crippen molar-refractivity contribution in [2.75, 3.05) is 6.54 Å². The van der Waals surface area contributed by atoms with Gasteiger partial charge in [0.2, 0.25) is 0 Å². The van der Waals surface area contributed by atoms with Gasteiger partial charge in [-0.15, -0.1) is 0 Å². The highest BCUT2D eigenvalue weighted by Crippen LogP contribution is 2.37. The Morgan fingerprint density at radius 2 is 1.80 bits per heavy atom. The monoisotopic (exact) mass is 225 g/mol. The zero-order valence-electron chi connectivity index (χ0n) is 8.85. The van der Waals surface area contributed by atoms with E-state index in [-0.39, 0.29) is 18.9 Å². The van der Waals surface area contributed by atoms with Gasteiger partial charge in [-0.05, 0) is 32.6 Å². The molecule has 1 atom stereocenters. The number of rotatable bonds is 3. The second kappa shape index (κ2) is 5.16. The van der Waals surface area contributed by atoms with Gasteiger partial charge in [0.15, 0.2) is 0 Å². The summed E-state index contributed by atoms with van der Waals surface area (Å²) in [7, 11) is 0. The SMILES string of the molecule is CC(O)CNC1CCC(C(F)(F)F)CC1. The number of halogens is 3. The summed E-state index contributed by atoms with van der Waals surface area (Å²) >= 11 is 0. The minimum absolute atomic E-state index is 0.137. The number of hydrogen-bond acceptors (Lipinski definition) is 2. The second-order valence-electron chi connectivity index (χ2n) is 4.35. The first-order chi connectivity index (χ1) is 6.89. The Morgan fingerprint density at radius 3 is 2.20 bits per heavy atom. The van der Waals surface area contributed by atoms with E-state index < -0.39 is 18.2 Å². The highest BCUT2D eigenvalue weighted by molar-refractivity contribution is 4.80. The topological polar surface area (TPSA) is 32.3 Å². The molecular weight excluding hydrogens is 207 g/mol. The Kier molecular flexibility index (Phi) is 4.40. The minimum Gasteiger partial charge on any atom is -0.392 e. The highest BCUT2D eigenvalue weighted by atomic mass is 19.4. The van der Waals surface area contributed by atoms with Gasteiger partial charge in [-0.2, -0.15) is 13.2 Å². The summed E-state index contributed by atoms with van der Waals surface area (Å²) in [6.07, 6.45) is -2.95. The molecule has 0 aromatic heterocycles. The molecule has 15 heavy (non-hydrogen) atoms. The summed E-state index contributed by atoms with van der Waals surface area (Å²) in [5.74, 6) is -1.12. The Bertz CT molecular complexity index is 186. The molecule has 1 aliphatic carbocycles. The van der Waals surface area contributed by atoms with Gasteiger partial charge >= 0.3 is 6.18 Å². The van der Waals surface area contributed by atoms with Crippen LogP contribution in [0, 0.1) is 5.92 Å². The molecule has 0 spiro atoms. The van der Waals surface area contributed by atoms with Crippen molar-refractivity contribution in [3.05, 3.63) is 0 Å². The molecule has 2 nitrogen and oxygen atoms in total. The van der Waals surface area contributed by atoms with Gasteiger partial charge < -0.3 is 10.4 Å². The fraction of sp³-hybridized carbons (Fsp3) is 1.00. The predicted octanol–water partition coefficient (Wildman–Crippen LogP) is 2.08. The average molecular weight is 225 g/mol. The summed E-state index contributed by atoms with van der Waals surface area (Å²) in [4.78, 5) is 0. The lowest BCUT2D eigenvalue weighted by Crippen LogP contribution is -2.39. The Labute approximate surface area is 87.9 Å². The summed E-state index contributed by atoms with van der Waals surface area (Å²) in [6.45, 7) is 2.12. The quantitative estimate of drug-likeness (QED) is 0.770. The fourth-order valence-corrected chi connectivity index (χ4v) is 1.96. The van der Waals surface area contributed by atoms with Crippen LogP contribution in [0.15, 0.2) is 0 Å². The maximum absolute atomic E-state index is 12.3. The van der Waals surface area contributed by atoms with E-state index in [9.17, 15) is 13.2 Å². The second-order valence-corrected chi connectivity index (χ2v) is 4.35. The molecule has 0 radical (unpaired) electrons. The van der Waals surface area contributed by atoms with Crippen molar-refractivity contribution >= 4 is 0 Å². The van der Waals surface area contributed by atoms with Crippen LogP contribution in [0.4, 0.5) is 13.2 Å². The lowest BCUT2D eigenvalue weighted by atomic mass is 9.85. The van der Waals surface area contributed by atoms with E-state index in [0.717, 1.165) is 0 Å². The number of nitrogens with one attached hydrogen (secondary N) is 1. The summed E-state index contributed by atoms with van der Waals surface area (Å²) in [6, 6.07) is 0.137. The smallest absolute Gasteiger partial charge is 0.391 e. The van der Waals surface area contributed by atoms with Gasteiger partial charge in [0.1, 0.15) is 0 Å². The zero-order valence-corrected chi connectivity index (χ0v) is 8.85. The van der Waals surface area contributed by atoms with Crippen LogP contribution in [-0.2, 0) is 0 Å². The van der Waals surface area contributed by atoms with Gasteiger partial charge in [0, 0.05) is 12.6 Å². The minimum atomic E-state index is -4.03. The summed E-state index contributed by atoms with van der Waals surface area (Å²) in [5.41, 5.74) is 0. The molecule has 1 unspecified atom stereocenters. The van der Waals surface area contributed by atoms with Crippen molar-refractivity contribution in [3.63, 3.8) is 0 Å². The molecule has 1 aliphatic rings. The standard InChI is InChI=1S/C10H18F3NO/c1-7(15)6-14-9-4-2-8(3-5-9)10(11,12)13/h7-9,14-15H,2-6H2,1H3. The van der Waals surface area contributed by atoms with Crippen molar-refractivity contribution in [2.24, 2.45) is 5.92 Å². The number of aliphatic hydroxyl groups excluding tert-OH is 1. The molecule has 0 heterocycles. The molecule has 1 fully saturated rings. The molecule has 90 valence electrons. The first kappa shape index (κ1) is 12.8. The maximum Gasteiger partial charge on any atom is 0.391 e. The van der Waals surface area contributed by atoms with E-state index in [1.54, 1.807) is 6.92 Å². The zero-order chi connectivity index (χ0) is 11.5. The molecular formula is C10H18F3NO. The van der Waals surface area contributed by atoms with Gasteiger partial charge in [0.25, 0.3) is 0 Å². The summed E-state index contributed by atoms with van der Waals surface area (Å²) in [5, 5.41) is 12.1. The van der Waals surface area contributed by atoms with E-state index in [2.05, 4.69) is 5.32 Å². The molecule has 0 aliphatic heterocycles. The fourth-order valence-electron chi connectivity index (χ4n) is 1.96. The van der Waals surface area contributed by atoms with Crippen molar-refractivity contribution in [1.29, 1.82) is 0 Å². The number of aliphatic hydroxyl groups is 1. The van der Waals surface area contributed by atoms with Crippen LogP contribution in [0.1, 0.15) is 32.6 Å². The van der Waals surface area contributed by atoms with E-state index in [1.165, 1.54) is 0 Å². The first-order valence-electron chi connectivity index (χ1n) is 5.37. The normalized spacial score (nSPS) is 30.2. The van der Waals surface area contributed by atoms with Crippen molar-refractivity contribution in [2.45, 2.75) is 50.9 Å². The third-order valence-corrected chi connectivity index (χ3v) is 2.89. The Balaban J connectivity index is 2.24. The molecule has 0 aromatic carbocycles. The average Bonchev–Trinajstić information content (AvgIpc) is 2.14. The van der Waals surface area contributed by atoms with Crippen molar-refractivity contribution in [3.8, 4) is 0 Å². The molecule has 0 aromatic rings. The third kappa shape index (κ3) is 4.38. The highest BCUT2D eigenvalue weighted by Gasteiger charge is 2.41.